The molecular formula is C95H76Cl3F15N18O6. The average Bonchev–Trinajstić information content (AvgIpc) is 0.729. The van der Waals surface area contributed by atoms with Gasteiger partial charge in [0.05, 0.1) is 100 Å². The molecule has 42 heteroatoms. The van der Waals surface area contributed by atoms with E-state index in [1.54, 1.807) is 72.4 Å². The largest absolute Gasteiger partial charge is 0.366 e. The molecule has 9 aromatic heterocycles. The molecule has 3 amide bonds. The molecule has 0 aliphatic carbocycles. The highest BCUT2D eigenvalue weighted by molar-refractivity contribution is 6.35. The Hall–Kier alpha value is -14.5. The minimum Gasteiger partial charge on any atom is -0.366 e. The Kier molecular flexibility index (Phi) is 28.8. The van der Waals surface area contributed by atoms with E-state index in [1.165, 1.54) is 64.8 Å². The first-order valence-electron chi connectivity index (χ1n) is 41.9. The molecule has 0 spiro atoms. The van der Waals surface area contributed by atoms with E-state index in [4.69, 9.17) is 34.8 Å². The summed E-state index contributed by atoms with van der Waals surface area (Å²) in [6.45, 7) is 31.8. The summed E-state index contributed by atoms with van der Waals surface area (Å²) in [4.78, 5) is 116. The zero-order valence-corrected chi connectivity index (χ0v) is 76.6. The van der Waals surface area contributed by atoms with Crippen molar-refractivity contribution in [3.8, 4) is 69.0 Å². The lowest BCUT2D eigenvalue weighted by Crippen LogP contribution is -2.58. The Morgan fingerprint density at radius 2 is 0.613 bits per heavy atom. The molecule has 12 heterocycles. The zero-order valence-electron chi connectivity index (χ0n) is 74.3. The number of nitriles is 3. The third kappa shape index (κ3) is 17.4. The molecule has 0 saturated carbocycles. The molecule has 12 aromatic rings. The van der Waals surface area contributed by atoms with Crippen LogP contribution in [0.5, 0.6) is 0 Å². The minimum absolute atomic E-state index is 0.0825. The molecule has 24 nitrogen and oxygen atoms in total. The normalized spacial score (nSPS) is 14.5. The summed E-state index contributed by atoms with van der Waals surface area (Å²) < 4.78 is 221. The predicted octanol–water partition coefficient (Wildman–Crippen LogP) is 18.6. The number of halogens is 18. The van der Waals surface area contributed by atoms with Gasteiger partial charge in [0.15, 0.2) is 69.8 Å². The summed E-state index contributed by atoms with van der Waals surface area (Å²) in [6, 6.07) is 13.4. The smallest absolute Gasteiger partial charge is 0.276 e. The molecule has 0 unspecified atom stereocenters. The molecule has 3 fully saturated rings. The Morgan fingerprint density at radius 1 is 0.380 bits per heavy atom. The molecule has 2 atom stereocenters. The van der Waals surface area contributed by atoms with Crippen LogP contribution in [-0.2, 0) is 14.4 Å². The van der Waals surface area contributed by atoms with Gasteiger partial charge >= 0.3 is 0 Å². The standard InChI is InChI=1S/C33H28ClF5N6O2.2C31H24ClF5N6O2/c1-7-21(46)44-16(5)12-43(13-17(44)6)31-18-10-20(34)29(22-23(35)25(37)27(39)26(38)24(22)36)42-32(18)45(33(47)19(31)11-40)30-15(4)8-9-41-28(30)14(2)3;2*1-5-19(44)41-8-10-42(11-9-41)29-16-12-18(32)27(20-21(33)23(35)25(37)24(36)22(20)34)40-30(16)43(31(45)17(29)13-38)28-15(4)6-7-39-26(28)14(2)3/h7-10,14,16-17H,1,12-13H2,2-6H3;2*5-7,12,14H,1,8-11H2,2-4H3/t16-,17+;;. The SMILES string of the molecule is C=CC(=O)N1CCN(c2c(C#N)c(=O)n(-c3c(C)ccnc3C(C)C)c3nc(-c4c(F)c(F)c(F)c(F)c4F)c(Cl)cc23)CC1.C=CC(=O)N1CCN(c2c(C#N)c(=O)n(-c3c(C)ccnc3C(C)C)c3nc(-c4c(F)c(F)c(F)c(F)c4F)c(Cl)cc23)CC1.C=CC(=O)N1[C@H](C)CN(c2c(C#N)c(=O)n(-c3c(C)ccnc3C(C)C)c3nc(-c4c(F)c(F)c(F)c(F)c4F)c(Cl)cc23)C[C@@H]1C. The first kappa shape index (κ1) is 100.0. The van der Waals surface area contributed by atoms with Crippen molar-refractivity contribution >= 4 is 103 Å². The fraction of sp³-hybridized carbons (Fsp3) is 0.274. The van der Waals surface area contributed by atoms with E-state index in [-0.39, 0.29) is 185 Å². The molecule has 3 aromatic carbocycles. The van der Waals surface area contributed by atoms with Gasteiger partial charge in [0.1, 0.15) is 51.8 Å². The van der Waals surface area contributed by atoms with Gasteiger partial charge in [0.25, 0.3) is 16.7 Å². The molecule has 3 aliphatic rings. The molecule has 137 heavy (non-hydrogen) atoms. The van der Waals surface area contributed by atoms with Crippen molar-refractivity contribution in [1.82, 2.24) is 58.3 Å². The highest BCUT2D eigenvalue weighted by Gasteiger charge is 2.41. The first-order valence-corrected chi connectivity index (χ1v) is 43.0. The van der Waals surface area contributed by atoms with E-state index >= 15 is 26.3 Å². The number of pyridine rings is 9. The van der Waals surface area contributed by atoms with Gasteiger partial charge in [-0.25, -0.2) is 80.8 Å². The summed E-state index contributed by atoms with van der Waals surface area (Å²) in [6.07, 6.45) is 8.09. The van der Waals surface area contributed by atoms with Gasteiger partial charge in [0, 0.05) is 112 Å². The number of hydrogen-bond acceptors (Lipinski definition) is 18. The van der Waals surface area contributed by atoms with Crippen LogP contribution in [0.2, 0.25) is 15.1 Å². The van der Waals surface area contributed by atoms with Gasteiger partial charge in [-0.2, -0.15) is 15.8 Å². The second-order valence-electron chi connectivity index (χ2n) is 33.0. The second kappa shape index (κ2) is 39.4. The van der Waals surface area contributed by atoms with E-state index in [1.807, 2.05) is 59.8 Å². The van der Waals surface area contributed by atoms with Crippen LogP contribution in [0.4, 0.5) is 82.9 Å². The number of nitrogens with zero attached hydrogens (tertiary/aromatic N) is 18. The van der Waals surface area contributed by atoms with Crippen LogP contribution in [0.3, 0.4) is 0 Å². The van der Waals surface area contributed by atoms with E-state index in [9.17, 15) is 84.1 Å². The first-order chi connectivity index (χ1) is 64.8. The number of aryl methyl sites for hydroxylation is 3. The number of benzene rings is 3. The number of piperazine rings is 3. The molecule has 0 N–H and O–H groups in total. The molecule has 3 aliphatic heterocycles. The number of hydrogen-bond donors (Lipinski definition) is 0. The van der Waals surface area contributed by atoms with E-state index in [2.05, 4.69) is 49.6 Å². The minimum atomic E-state index is -2.36. The Balaban J connectivity index is 0.000000174. The highest BCUT2D eigenvalue weighted by Crippen LogP contribution is 2.46. The van der Waals surface area contributed by atoms with Gasteiger partial charge < -0.3 is 29.4 Å². The lowest BCUT2D eigenvalue weighted by molar-refractivity contribution is -0.130. The number of rotatable bonds is 15. The molecule has 0 radical (unpaired) electrons. The van der Waals surface area contributed by atoms with Crippen LogP contribution in [0, 0.1) is 142 Å². The zero-order chi connectivity index (χ0) is 100. The van der Waals surface area contributed by atoms with Crippen LogP contribution >= 0.6 is 34.8 Å². The van der Waals surface area contributed by atoms with Crippen molar-refractivity contribution in [3.63, 3.8) is 0 Å². The van der Waals surface area contributed by atoms with E-state index in [0.29, 0.717) is 33.8 Å². The van der Waals surface area contributed by atoms with Gasteiger partial charge in [-0.05, 0) is 124 Å². The predicted molar refractivity (Wildman–Crippen MR) is 483 cm³/mol. The number of fused-ring (bicyclic) bond motifs is 3. The van der Waals surface area contributed by atoms with Gasteiger partial charge in [-0.3, -0.25) is 57.4 Å². The fourth-order valence-electron chi connectivity index (χ4n) is 17.1. The molecule has 0 bridgehead atoms. The van der Waals surface area contributed by atoms with Gasteiger partial charge in [-0.15, -0.1) is 0 Å². The van der Waals surface area contributed by atoms with Crippen molar-refractivity contribution in [2.45, 2.75) is 106 Å². The molecule has 15 rings (SSSR count). The number of carbonyl (C=O) groups is 3. The van der Waals surface area contributed by atoms with Gasteiger partial charge in [0.2, 0.25) is 35.2 Å². The quantitative estimate of drug-likeness (QED) is 0.0399. The monoisotopic (exact) mass is 1950 g/mol. The lowest BCUT2D eigenvalue weighted by Gasteiger charge is -2.45. The van der Waals surface area contributed by atoms with Crippen LogP contribution in [0.15, 0.2) is 107 Å². The molecule has 708 valence electrons. The van der Waals surface area contributed by atoms with Crippen LogP contribution in [-0.4, -0.2) is 154 Å². The molecular weight excluding hydrogens is 1880 g/mol. The van der Waals surface area contributed by atoms with Crippen molar-refractivity contribution in [2.75, 3.05) is 80.1 Å². The summed E-state index contributed by atoms with van der Waals surface area (Å²) in [5, 5.41) is 29.8. The van der Waals surface area contributed by atoms with Gasteiger partial charge in [-0.1, -0.05) is 96.1 Å². The second-order valence-corrected chi connectivity index (χ2v) is 34.2. The Bertz CT molecular complexity index is 7120. The topological polar surface area (TPSA) is 285 Å². The number of aromatic nitrogens is 9. The Morgan fingerprint density at radius 3 is 0.839 bits per heavy atom. The highest BCUT2D eigenvalue weighted by atomic mass is 35.5. The summed E-state index contributed by atoms with van der Waals surface area (Å²) in [5.74, 6) is -34.9. The maximum atomic E-state index is 15.1. The lowest BCUT2D eigenvalue weighted by atomic mass is 10.0. The summed E-state index contributed by atoms with van der Waals surface area (Å²) >= 11 is 19.5. The number of anilines is 3. The number of amides is 3. The van der Waals surface area contributed by atoms with Crippen molar-refractivity contribution in [1.29, 1.82) is 15.8 Å². The summed E-state index contributed by atoms with van der Waals surface area (Å²) in [5.41, 5.74) is -7.15. The fourth-order valence-corrected chi connectivity index (χ4v) is 17.9. The van der Waals surface area contributed by atoms with Crippen LogP contribution < -0.4 is 31.4 Å². The maximum absolute atomic E-state index is 15.1. The Labute approximate surface area is 784 Å². The summed E-state index contributed by atoms with van der Waals surface area (Å²) in [7, 11) is 0. The van der Waals surface area contributed by atoms with E-state index in [0.717, 1.165) is 13.7 Å². The van der Waals surface area contributed by atoms with Crippen LogP contribution in [0.1, 0.15) is 124 Å². The van der Waals surface area contributed by atoms with E-state index < -0.39 is 165 Å². The average molecular weight is 1960 g/mol. The molecule has 3 saturated heterocycles. The third-order valence-electron chi connectivity index (χ3n) is 23.5. The van der Waals surface area contributed by atoms with Crippen molar-refractivity contribution in [2.24, 2.45) is 0 Å². The van der Waals surface area contributed by atoms with Crippen LogP contribution in [0.25, 0.3) is 83.9 Å². The maximum Gasteiger partial charge on any atom is 0.276 e. The number of carbonyl (C=O) groups excluding carboxylic acids is 3. The van der Waals surface area contributed by atoms with Crippen molar-refractivity contribution < 1.29 is 80.2 Å². The van der Waals surface area contributed by atoms with Crippen molar-refractivity contribution in [3.05, 3.63) is 277 Å². The third-order valence-corrected chi connectivity index (χ3v) is 24.4.